The number of carbonyl (C=O) groups excluding carboxylic acids is 2. The van der Waals surface area contributed by atoms with E-state index < -0.39 is 26.5 Å². The summed E-state index contributed by atoms with van der Waals surface area (Å²) < 4.78 is 32.0. The largest absolute Gasteiger partial charge is 0.472 e. The van der Waals surface area contributed by atoms with E-state index in [9.17, 15) is 19.0 Å². The van der Waals surface area contributed by atoms with Crippen LogP contribution in [0.1, 0.15) is 239 Å². The van der Waals surface area contributed by atoms with E-state index in [-0.39, 0.29) is 19.0 Å². The molecule has 8 nitrogen and oxygen atoms in total. The van der Waals surface area contributed by atoms with E-state index in [1.54, 1.807) is 0 Å². The van der Waals surface area contributed by atoms with Crippen molar-refractivity contribution in [1.29, 1.82) is 0 Å². The number of phosphoric ester groups is 1. The Morgan fingerprint density at radius 2 is 0.833 bits per heavy atom. The number of rotatable bonds is 43. The van der Waals surface area contributed by atoms with Crippen LogP contribution in [-0.2, 0) is 32.7 Å². The van der Waals surface area contributed by atoms with Crippen LogP contribution in [0.15, 0.2) is 12.2 Å². The monoisotopic (exact) mass is 787 g/mol. The van der Waals surface area contributed by atoms with Gasteiger partial charge in [-0.1, -0.05) is 199 Å². The molecule has 2 atom stereocenters. The van der Waals surface area contributed by atoms with Gasteiger partial charge in [0.05, 0.1) is 6.61 Å². The van der Waals surface area contributed by atoms with Crippen LogP contribution < -0.4 is 0 Å². The second-order valence-corrected chi connectivity index (χ2v) is 17.1. The van der Waals surface area contributed by atoms with E-state index in [2.05, 4.69) is 30.5 Å². The molecule has 0 heterocycles. The highest BCUT2D eigenvalue weighted by Crippen LogP contribution is 2.42. The van der Waals surface area contributed by atoms with Crippen molar-refractivity contribution in [3.8, 4) is 0 Å². The molecule has 0 amide bonds. The SMILES string of the molecule is CCCCCCCCCC/C=C\CCCCCCCCCCCC(=O)OC(COC(=O)CCCCCCCCCCCCCCCC)COP(=O)(O)OC. The number of carbonyl (C=O) groups is 2. The van der Waals surface area contributed by atoms with Crippen molar-refractivity contribution in [2.24, 2.45) is 0 Å². The number of ether oxygens (including phenoxy) is 2. The lowest BCUT2D eigenvalue weighted by atomic mass is 10.0. The van der Waals surface area contributed by atoms with Gasteiger partial charge in [0.25, 0.3) is 0 Å². The van der Waals surface area contributed by atoms with Crippen LogP contribution in [0.25, 0.3) is 0 Å². The minimum Gasteiger partial charge on any atom is -0.462 e. The van der Waals surface area contributed by atoms with Gasteiger partial charge in [0.15, 0.2) is 6.10 Å². The molecule has 0 aromatic heterocycles. The minimum atomic E-state index is -4.26. The first kappa shape index (κ1) is 52.8. The molecule has 0 aromatic carbocycles. The summed E-state index contributed by atoms with van der Waals surface area (Å²) >= 11 is 0. The van der Waals surface area contributed by atoms with Crippen LogP contribution in [-0.4, -0.2) is 43.3 Å². The van der Waals surface area contributed by atoms with E-state index in [0.29, 0.717) is 12.8 Å². The molecule has 0 saturated carbocycles. The maximum atomic E-state index is 12.5. The summed E-state index contributed by atoms with van der Waals surface area (Å²) in [5.74, 6) is -0.793. The zero-order valence-electron chi connectivity index (χ0n) is 35.6. The van der Waals surface area contributed by atoms with Gasteiger partial charge >= 0.3 is 19.8 Å². The molecule has 0 aliphatic rings. The molecule has 9 heteroatoms. The fraction of sp³-hybridized carbons (Fsp3) is 0.911. The summed E-state index contributed by atoms with van der Waals surface area (Å²) in [5.41, 5.74) is 0. The average molecular weight is 787 g/mol. The van der Waals surface area contributed by atoms with Crippen molar-refractivity contribution in [1.82, 2.24) is 0 Å². The lowest BCUT2D eigenvalue weighted by molar-refractivity contribution is -0.161. The van der Waals surface area contributed by atoms with Crippen molar-refractivity contribution in [3.63, 3.8) is 0 Å². The van der Waals surface area contributed by atoms with Crippen molar-refractivity contribution < 1.29 is 37.6 Å². The quantitative estimate of drug-likeness (QED) is 0.0282. The van der Waals surface area contributed by atoms with E-state index in [0.717, 1.165) is 39.2 Å². The molecule has 0 aromatic rings. The Labute approximate surface area is 333 Å². The predicted molar refractivity (Wildman–Crippen MR) is 226 cm³/mol. The van der Waals surface area contributed by atoms with Gasteiger partial charge in [-0.2, -0.15) is 0 Å². The Bertz CT molecular complexity index is 895. The molecule has 54 heavy (non-hydrogen) atoms. The summed E-state index contributed by atoms with van der Waals surface area (Å²) in [7, 11) is -3.19. The Balaban J connectivity index is 3.91. The maximum absolute atomic E-state index is 12.5. The van der Waals surface area contributed by atoms with Crippen LogP contribution in [0.4, 0.5) is 0 Å². The zero-order chi connectivity index (χ0) is 39.6. The molecule has 0 aliphatic carbocycles. The van der Waals surface area contributed by atoms with Gasteiger partial charge < -0.3 is 14.4 Å². The molecule has 0 saturated heterocycles. The number of phosphoric acid groups is 1. The highest BCUT2D eigenvalue weighted by Gasteiger charge is 2.24. The Morgan fingerprint density at radius 3 is 1.20 bits per heavy atom. The summed E-state index contributed by atoms with van der Waals surface area (Å²) in [6.07, 6.45) is 45.5. The summed E-state index contributed by atoms with van der Waals surface area (Å²) in [6, 6.07) is 0. The second kappa shape index (κ2) is 41.4. The first-order valence-electron chi connectivity index (χ1n) is 22.9. The molecule has 0 fully saturated rings. The van der Waals surface area contributed by atoms with E-state index in [1.807, 2.05) is 0 Å². The third kappa shape index (κ3) is 40.5. The molecule has 0 bridgehead atoms. The summed E-state index contributed by atoms with van der Waals surface area (Å²) in [5, 5.41) is 0. The van der Waals surface area contributed by atoms with Gasteiger partial charge in [-0.15, -0.1) is 0 Å². The second-order valence-electron chi connectivity index (χ2n) is 15.5. The molecule has 1 N–H and O–H groups in total. The molecule has 320 valence electrons. The number of unbranched alkanes of at least 4 members (excludes halogenated alkanes) is 30. The standard InChI is InChI=1S/C45H87O8P/c1-4-6-8-10-12-14-16-18-20-21-22-23-24-25-26-28-30-32-34-36-38-40-45(47)53-43(42-52-54(48,49)50-3)41-51-44(46)39-37-35-33-31-29-27-19-17-15-13-11-9-7-5-2/h21-22,43H,4-20,23-42H2,1-3H3,(H,48,49)/b22-21-. The smallest absolute Gasteiger partial charge is 0.462 e. The first-order valence-corrected chi connectivity index (χ1v) is 24.4. The lowest BCUT2D eigenvalue weighted by Crippen LogP contribution is -2.29. The first-order chi connectivity index (χ1) is 26.3. The topological polar surface area (TPSA) is 108 Å². The van der Waals surface area contributed by atoms with Gasteiger partial charge in [-0.3, -0.25) is 18.6 Å². The lowest BCUT2D eigenvalue weighted by Gasteiger charge is -2.19. The molecule has 0 rings (SSSR count). The zero-order valence-corrected chi connectivity index (χ0v) is 36.5. The van der Waals surface area contributed by atoms with Crippen molar-refractivity contribution in [2.45, 2.75) is 245 Å². The minimum absolute atomic E-state index is 0.220. The van der Waals surface area contributed by atoms with Gasteiger partial charge in [0.2, 0.25) is 0 Å². The van der Waals surface area contributed by atoms with Crippen LogP contribution in [0.3, 0.4) is 0 Å². The third-order valence-corrected chi connectivity index (χ3v) is 11.2. The Hall–Kier alpha value is -1.21. The highest BCUT2D eigenvalue weighted by atomic mass is 31.2. The van der Waals surface area contributed by atoms with Crippen molar-refractivity contribution in [3.05, 3.63) is 12.2 Å². The molecular formula is C45H87O8P. The highest BCUT2D eigenvalue weighted by molar-refractivity contribution is 7.47. The number of allylic oxidation sites excluding steroid dienone is 2. The fourth-order valence-corrected chi connectivity index (χ4v) is 7.17. The number of esters is 2. The van der Waals surface area contributed by atoms with E-state index >= 15 is 0 Å². The average Bonchev–Trinajstić information content (AvgIpc) is 3.16. The predicted octanol–water partition coefficient (Wildman–Crippen LogP) is 14.5. The molecule has 0 radical (unpaired) electrons. The molecule has 0 aliphatic heterocycles. The normalized spacial score (nSPS) is 13.3. The molecule has 2 unspecified atom stereocenters. The number of hydrogen-bond acceptors (Lipinski definition) is 7. The molecular weight excluding hydrogens is 699 g/mol. The Kier molecular flexibility index (Phi) is 40.5. The van der Waals surface area contributed by atoms with Crippen molar-refractivity contribution >= 4 is 19.8 Å². The van der Waals surface area contributed by atoms with E-state index in [1.165, 1.54) is 173 Å². The Morgan fingerprint density at radius 1 is 0.500 bits per heavy atom. The fourth-order valence-electron chi connectivity index (χ4n) is 6.71. The maximum Gasteiger partial charge on any atom is 0.472 e. The van der Waals surface area contributed by atoms with Crippen LogP contribution >= 0.6 is 7.82 Å². The van der Waals surface area contributed by atoms with Crippen LogP contribution in [0.5, 0.6) is 0 Å². The summed E-state index contributed by atoms with van der Waals surface area (Å²) in [6.45, 7) is 3.92. The third-order valence-electron chi connectivity index (χ3n) is 10.3. The van der Waals surface area contributed by atoms with Gasteiger partial charge in [0.1, 0.15) is 6.61 Å². The van der Waals surface area contributed by atoms with E-state index in [4.69, 9.17) is 14.0 Å². The van der Waals surface area contributed by atoms with Crippen LogP contribution in [0, 0.1) is 0 Å². The van der Waals surface area contributed by atoms with Gasteiger partial charge in [-0.05, 0) is 38.5 Å². The molecule has 0 spiro atoms. The van der Waals surface area contributed by atoms with Crippen LogP contribution in [0.2, 0.25) is 0 Å². The van der Waals surface area contributed by atoms with Crippen molar-refractivity contribution in [2.75, 3.05) is 20.3 Å². The van der Waals surface area contributed by atoms with Gasteiger partial charge in [-0.25, -0.2) is 4.57 Å². The summed E-state index contributed by atoms with van der Waals surface area (Å²) in [4.78, 5) is 34.5. The number of hydrogen-bond donors (Lipinski definition) is 1. The van der Waals surface area contributed by atoms with Gasteiger partial charge in [0, 0.05) is 20.0 Å².